The first-order valence-electron chi connectivity index (χ1n) is 8.22. The summed E-state index contributed by atoms with van der Waals surface area (Å²) in [4.78, 5) is 37.5. The molecule has 0 unspecified atom stereocenters. The van der Waals surface area contributed by atoms with E-state index in [4.69, 9.17) is 0 Å². The number of nitrogens with zero attached hydrogens (tertiary/aromatic N) is 1. The molecule has 0 aromatic heterocycles. The van der Waals surface area contributed by atoms with Crippen LogP contribution >= 0.6 is 15.9 Å². The lowest BCUT2D eigenvalue weighted by molar-refractivity contribution is -0.139. The molecule has 3 rings (SSSR count). The molecule has 0 bridgehead atoms. The van der Waals surface area contributed by atoms with Gasteiger partial charge in [-0.25, -0.2) is 4.79 Å². The summed E-state index contributed by atoms with van der Waals surface area (Å²) in [5.41, 5.74) is 2.72. The molecule has 7 heteroatoms. The largest absolute Gasteiger partial charge is 0.344 e. The van der Waals surface area contributed by atoms with E-state index < -0.39 is 23.4 Å². The fourth-order valence-corrected chi connectivity index (χ4v) is 3.25. The number of hydrogen-bond acceptors (Lipinski definition) is 3. The first-order valence-corrected chi connectivity index (χ1v) is 9.01. The summed E-state index contributed by atoms with van der Waals surface area (Å²) in [5, 5.41) is 3.50. The van der Waals surface area contributed by atoms with Gasteiger partial charge in [-0.3, -0.25) is 15.0 Å². The van der Waals surface area contributed by atoms with Gasteiger partial charge >= 0.3 is 6.03 Å². The fraction of sp³-hybridized carbons (Fsp3) is 0.211. The van der Waals surface area contributed by atoms with Crippen LogP contribution in [0.3, 0.4) is 0 Å². The van der Waals surface area contributed by atoms with Gasteiger partial charge in [-0.15, -0.1) is 0 Å². The average molecular weight is 416 g/mol. The third-order valence-electron chi connectivity index (χ3n) is 4.40. The summed E-state index contributed by atoms with van der Waals surface area (Å²) >= 11 is 3.33. The minimum atomic E-state index is -1.16. The van der Waals surface area contributed by atoms with Crippen LogP contribution < -0.4 is 10.7 Å². The Morgan fingerprint density at radius 1 is 1.12 bits per heavy atom. The molecular weight excluding hydrogens is 398 g/mol. The van der Waals surface area contributed by atoms with E-state index in [2.05, 4.69) is 26.7 Å². The minimum Gasteiger partial charge on any atom is -0.318 e. The lowest BCUT2D eigenvalue weighted by atomic mass is 9.87. The number of urea groups is 1. The number of amides is 4. The number of nitrogens with one attached hydrogen (secondary N) is 2. The molecule has 2 aromatic rings. The normalized spacial score (nSPS) is 19.4. The predicted octanol–water partition coefficient (Wildman–Crippen LogP) is 2.88. The molecule has 0 spiro atoms. The van der Waals surface area contributed by atoms with Gasteiger partial charge in [0.1, 0.15) is 5.54 Å². The number of imide groups is 1. The Balaban J connectivity index is 1.76. The number of hydrogen-bond donors (Lipinski definition) is 2. The molecule has 1 heterocycles. The van der Waals surface area contributed by atoms with Crippen LogP contribution in [0, 0.1) is 0 Å². The first-order chi connectivity index (χ1) is 12.5. The summed E-state index contributed by atoms with van der Waals surface area (Å²) in [6.45, 7) is 1.82. The number of hydrazine groups is 1. The molecular formula is C19H18BrN3O3. The monoisotopic (exact) mass is 415 g/mol. The Labute approximate surface area is 159 Å². The summed E-state index contributed by atoms with van der Waals surface area (Å²) in [6.07, 6.45) is 0.440. The van der Waals surface area contributed by atoms with Crippen LogP contribution in [0.15, 0.2) is 59.1 Å². The van der Waals surface area contributed by atoms with Gasteiger partial charge in [-0.1, -0.05) is 65.3 Å². The highest BCUT2D eigenvalue weighted by molar-refractivity contribution is 9.10. The van der Waals surface area contributed by atoms with E-state index in [1.165, 1.54) is 0 Å². The van der Waals surface area contributed by atoms with Gasteiger partial charge in [0.05, 0.1) is 6.42 Å². The van der Waals surface area contributed by atoms with E-state index in [1.54, 1.807) is 36.4 Å². The number of rotatable bonds is 5. The lowest BCUT2D eigenvalue weighted by Gasteiger charge is -2.25. The van der Waals surface area contributed by atoms with Crippen LogP contribution in [0.2, 0.25) is 0 Å². The van der Waals surface area contributed by atoms with Gasteiger partial charge in [0.15, 0.2) is 0 Å². The molecule has 1 aliphatic heterocycles. The van der Waals surface area contributed by atoms with E-state index in [0.717, 1.165) is 15.0 Å². The number of carbonyl (C=O) groups is 3. The maximum absolute atomic E-state index is 12.9. The first kappa shape index (κ1) is 18.1. The number of carbonyl (C=O) groups excluding carboxylic acids is 3. The molecule has 134 valence electrons. The quantitative estimate of drug-likeness (QED) is 0.736. The standard InChI is InChI=1S/C19H18BrN3O3/c1-2-19(14-6-4-3-5-7-14)17(25)23(18(26)21-19)22-16(24)12-13-8-10-15(20)11-9-13/h3-11H,2,12H2,1H3,(H,21,26)(H,22,24)/t19-/m0/s1. The summed E-state index contributed by atoms with van der Waals surface area (Å²) in [7, 11) is 0. The average Bonchev–Trinajstić information content (AvgIpc) is 2.89. The lowest BCUT2D eigenvalue weighted by Crippen LogP contribution is -2.49. The van der Waals surface area contributed by atoms with Gasteiger partial charge in [0.25, 0.3) is 5.91 Å². The van der Waals surface area contributed by atoms with Gasteiger partial charge in [-0.05, 0) is 29.7 Å². The molecule has 1 aliphatic rings. The molecule has 6 nitrogen and oxygen atoms in total. The Morgan fingerprint density at radius 2 is 1.77 bits per heavy atom. The van der Waals surface area contributed by atoms with Crippen molar-refractivity contribution in [1.29, 1.82) is 0 Å². The van der Waals surface area contributed by atoms with Crippen molar-refractivity contribution < 1.29 is 14.4 Å². The van der Waals surface area contributed by atoms with Crippen LogP contribution in [-0.4, -0.2) is 22.9 Å². The van der Waals surface area contributed by atoms with Crippen molar-refractivity contribution in [3.05, 3.63) is 70.2 Å². The smallest absolute Gasteiger partial charge is 0.318 e. The zero-order valence-electron chi connectivity index (χ0n) is 14.2. The van der Waals surface area contributed by atoms with Crippen LogP contribution in [0.1, 0.15) is 24.5 Å². The molecule has 0 aliphatic carbocycles. The molecule has 0 radical (unpaired) electrons. The van der Waals surface area contributed by atoms with E-state index in [-0.39, 0.29) is 6.42 Å². The molecule has 1 saturated heterocycles. The molecule has 4 amide bonds. The maximum atomic E-state index is 12.9. The molecule has 1 fully saturated rings. The second-order valence-corrected chi connectivity index (χ2v) is 6.95. The molecule has 1 atom stereocenters. The molecule has 0 saturated carbocycles. The van der Waals surface area contributed by atoms with E-state index >= 15 is 0 Å². The van der Waals surface area contributed by atoms with Crippen molar-refractivity contribution >= 4 is 33.8 Å². The topological polar surface area (TPSA) is 78.5 Å². The van der Waals surface area contributed by atoms with Gasteiger partial charge < -0.3 is 5.32 Å². The molecule has 26 heavy (non-hydrogen) atoms. The van der Waals surface area contributed by atoms with Crippen molar-refractivity contribution in [2.45, 2.75) is 25.3 Å². The van der Waals surface area contributed by atoms with Gasteiger partial charge in [0.2, 0.25) is 5.91 Å². The van der Waals surface area contributed by atoms with Crippen molar-refractivity contribution in [1.82, 2.24) is 15.8 Å². The third kappa shape index (κ3) is 3.35. The second kappa shape index (κ2) is 7.29. The van der Waals surface area contributed by atoms with Crippen LogP contribution in [0.5, 0.6) is 0 Å². The Hall–Kier alpha value is -2.67. The van der Waals surface area contributed by atoms with Crippen LogP contribution in [0.4, 0.5) is 4.79 Å². The Morgan fingerprint density at radius 3 is 2.38 bits per heavy atom. The highest BCUT2D eigenvalue weighted by atomic mass is 79.9. The van der Waals surface area contributed by atoms with Crippen molar-refractivity contribution in [3.8, 4) is 0 Å². The Bertz CT molecular complexity index is 839. The summed E-state index contributed by atoms with van der Waals surface area (Å²) < 4.78 is 0.909. The van der Waals surface area contributed by atoms with Crippen molar-refractivity contribution in [2.24, 2.45) is 0 Å². The van der Waals surface area contributed by atoms with E-state index in [1.807, 2.05) is 25.1 Å². The molecule has 2 N–H and O–H groups in total. The summed E-state index contributed by atoms with van der Waals surface area (Å²) in [5.74, 6) is -0.920. The molecule has 2 aromatic carbocycles. The Kier molecular flexibility index (Phi) is 5.08. The van der Waals surface area contributed by atoms with Crippen molar-refractivity contribution in [2.75, 3.05) is 0 Å². The highest BCUT2D eigenvalue weighted by Gasteiger charge is 2.52. The second-order valence-electron chi connectivity index (χ2n) is 6.03. The fourth-order valence-electron chi connectivity index (χ4n) is 2.99. The zero-order chi connectivity index (χ0) is 18.7. The van der Waals surface area contributed by atoms with E-state index in [0.29, 0.717) is 12.0 Å². The minimum absolute atomic E-state index is 0.0643. The maximum Gasteiger partial charge on any atom is 0.344 e. The van der Waals surface area contributed by atoms with E-state index in [9.17, 15) is 14.4 Å². The van der Waals surface area contributed by atoms with Crippen LogP contribution in [0.25, 0.3) is 0 Å². The zero-order valence-corrected chi connectivity index (χ0v) is 15.7. The summed E-state index contributed by atoms with van der Waals surface area (Å²) in [6, 6.07) is 15.6. The van der Waals surface area contributed by atoms with Crippen LogP contribution in [-0.2, 0) is 21.5 Å². The highest BCUT2D eigenvalue weighted by Crippen LogP contribution is 2.31. The third-order valence-corrected chi connectivity index (χ3v) is 4.93. The SMILES string of the molecule is CC[C@@]1(c2ccccc2)NC(=O)N(NC(=O)Cc2ccc(Br)cc2)C1=O. The predicted molar refractivity (Wildman–Crippen MR) is 99.8 cm³/mol. The number of halogens is 1. The van der Waals surface area contributed by atoms with Gasteiger partial charge in [-0.2, -0.15) is 5.01 Å². The number of benzene rings is 2. The van der Waals surface area contributed by atoms with Gasteiger partial charge in [0, 0.05) is 4.47 Å². The van der Waals surface area contributed by atoms with Crippen molar-refractivity contribution in [3.63, 3.8) is 0 Å².